The third-order valence-electron chi connectivity index (χ3n) is 3.68. The molecule has 0 atom stereocenters. The average Bonchev–Trinajstić information content (AvgIpc) is 2.73. The number of rotatable bonds is 9. The molecular weight excluding hydrogens is 380 g/mol. The van der Waals surface area contributed by atoms with Crippen LogP contribution < -0.4 is 20.1 Å². The number of para-hydroxylation sites is 1. The summed E-state index contributed by atoms with van der Waals surface area (Å²) in [5, 5.41) is 14.2. The molecule has 0 amide bonds. The number of hydrogen-bond donors (Lipinski definition) is 3. The summed E-state index contributed by atoms with van der Waals surface area (Å²) >= 11 is 0. The highest BCUT2D eigenvalue weighted by Crippen LogP contribution is 2.22. The van der Waals surface area contributed by atoms with E-state index in [2.05, 4.69) is 30.5 Å². The van der Waals surface area contributed by atoms with E-state index >= 15 is 0 Å². The van der Waals surface area contributed by atoms with Gasteiger partial charge in [-0.15, -0.1) is 10.2 Å². The first-order valence-electron chi connectivity index (χ1n) is 8.46. The van der Waals surface area contributed by atoms with Crippen molar-refractivity contribution >= 4 is 27.3 Å². The second kappa shape index (κ2) is 9.11. The molecule has 0 aliphatic rings. The molecule has 0 bridgehead atoms. The van der Waals surface area contributed by atoms with Gasteiger partial charge >= 0.3 is 0 Å². The number of benzene rings is 1. The minimum Gasteiger partial charge on any atom is -0.495 e. The van der Waals surface area contributed by atoms with Gasteiger partial charge in [-0.3, -0.25) is 4.98 Å². The lowest BCUT2D eigenvalue weighted by atomic mass is 10.3. The van der Waals surface area contributed by atoms with Gasteiger partial charge in [0.05, 0.1) is 19.0 Å². The van der Waals surface area contributed by atoms with E-state index in [0.29, 0.717) is 23.9 Å². The number of nitrogens with one attached hydrogen (secondary N) is 3. The van der Waals surface area contributed by atoms with Gasteiger partial charge in [0.15, 0.2) is 5.82 Å². The number of nitrogens with zero attached hydrogens (tertiary/aromatic N) is 3. The second-order valence-corrected chi connectivity index (χ2v) is 7.38. The van der Waals surface area contributed by atoms with Gasteiger partial charge in [-0.1, -0.05) is 12.1 Å². The number of ether oxygens (including phenoxy) is 1. The van der Waals surface area contributed by atoms with Crippen LogP contribution in [0.2, 0.25) is 0 Å². The van der Waals surface area contributed by atoms with Crippen LogP contribution in [0.25, 0.3) is 0 Å². The van der Waals surface area contributed by atoms with E-state index in [-0.39, 0.29) is 11.4 Å². The maximum Gasteiger partial charge on any atom is 0.244 e. The van der Waals surface area contributed by atoms with Gasteiger partial charge < -0.3 is 15.4 Å². The van der Waals surface area contributed by atoms with Gasteiger partial charge in [-0.2, -0.15) is 0 Å². The molecule has 0 saturated heterocycles. The van der Waals surface area contributed by atoms with Gasteiger partial charge in [0.1, 0.15) is 16.5 Å². The number of pyridine rings is 1. The number of anilines is 3. The molecule has 1 aromatic carbocycles. The highest BCUT2D eigenvalue weighted by molar-refractivity contribution is 7.89. The van der Waals surface area contributed by atoms with Gasteiger partial charge in [0, 0.05) is 19.3 Å². The zero-order valence-electron chi connectivity index (χ0n) is 15.2. The standard InChI is InChI=1S/C18H20N6O3S/c1-27-15-6-2-3-7-16(15)28(25,26)21-12-11-20-17-8-9-18(24-23-17)22-14-5-4-10-19-13-14/h2-10,13,21H,11-12H2,1H3,(H,20,23)(H,22,24). The van der Waals surface area contributed by atoms with Crippen molar-refractivity contribution in [2.75, 3.05) is 30.8 Å². The molecule has 2 heterocycles. The topological polar surface area (TPSA) is 118 Å². The molecule has 3 aromatic rings. The first-order valence-corrected chi connectivity index (χ1v) is 9.94. The molecule has 0 aliphatic carbocycles. The molecule has 9 nitrogen and oxygen atoms in total. The summed E-state index contributed by atoms with van der Waals surface area (Å²) in [6.07, 6.45) is 3.37. The molecule has 0 saturated carbocycles. The summed E-state index contributed by atoms with van der Waals surface area (Å²) in [5.74, 6) is 1.41. The summed E-state index contributed by atoms with van der Waals surface area (Å²) in [5.41, 5.74) is 0.809. The largest absolute Gasteiger partial charge is 0.495 e. The van der Waals surface area contributed by atoms with Crippen molar-refractivity contribution in [3.05, 3.63) is 60.9 Å². The fraction of sp³-hybridized carbons (Fsp3) is 0.167. The molecule has 3 N–H and O–H groups in total. The molecule has 0 unspecified atom stereocenters. The van der Waals surface area contributed by atoms with Crippen molar-refractivity contribution in [2.45, 2.75) is 4.90 Å². The van der Waals surface area contributed by atoms with Crippen LogP contribution in [-0.4, -0.2) is 43.8 Å². The Balaban J connectivity index is 1.50. The van der Waals surface area contributed by atoms with Crippen LogP contribution in [-0.2, 0) is 10.0 Å². The molecule has 0 fully saturated rings. The van der Waals surface area contributed by atoms with Crippen LogP contribution in [0.15, 0.2) is 65.8 Å². The molecular formula is C18H20N6O3S. The number of hydrogen-bond acceptors (Lipinski definition) is 8. The van der Waals surface area contributed by atoms with Crippen LogP contribution in [0.5, 0.6) is 5.75 Å². The predicted octanol–water partition coefficient (Wildman–Crippen LogP) is 2.01. The molecule has 28 heavy (non-hydrogen) atoms. The Hall–Kier alpha value is -3.24. The van der Waals surface area contributed by atoms with Gasteiger partial charge in [0.25, 0.3) is 0 Å². The second-order valence-electron chi connectivity index (χ2n) is 5.65. The quantitative estimate of drug-likeness (QED) is 0.467. The Morgan fingerprint density at radius 2 is 1.75 bits per heavy atom. The molecule has 0 radical (unpaired) electrons. The first-order chi connectivity index (χ1) is 13.6. The zero-order chi connectivity index (χ0) is 19.8. The van der Waals surface area contributed by atoms with E-state index in [0.717, 1.165) is 5.69 Å². The molecule has 2 aromatic heterocycles. The van der Waals surface area contributed by atoms with Crippen LogP contribution in [0.3, 0.4) is 0 Å². The highest BCUT2D eigenvalue weighted by Gasteiger charge is 2.18. The Kier molecular flexibility index (Phi) is 6.35. The SMILES string of the molecule is COc1ccccc1S(=O)(=O)NCCNc1ccc(Nc2cccnc2)nn1. The van der Waals surface area contributed by atoms with Crippen molar-refractivity contribution in [1.29, 1.82) is 0 Å². The summed E-state index contributed by atoms with van der Waals surface area (Å²) in [6, 6.07) is 13.7. The Labute approximate surface area is 163 Å². The van der Waals surface area contributed by atoms with Gasteiger partial charge in [-0.25, -0.2) is 13.1 Å². The Morgan fingerprint density at radius 3 is 2.46 bits per heavy atom. The maximum absolute atomic E-state index is 12.4. The van der Waals surface area contributed by atoms with Crippen LogP contribution in [0, 0.1) is 0 Å². The minimum absolute atomic E-state index is 0.100. The van der Waals surface area contributed by atoms with E-state index in [9.17, 15) is 8.42 Å². The molecule has 0 aliphatic heterocycles. The van der Waals surface area contributed by atoms with E-state index in [1.54, 1.807) is 42.7 Å². The third-order valence-corrected chi connectivity index (χ3v) is 5.18. The van der Waals surface area contributed by atoms with Crippen LogP contribution in [0.1, 0.15) is 0 Å². The summed E-state index contributed by atoms with van der Waals surface area (Å²) in [6.45, 7) is 0.524. The van der Waals surface area contributed by atoms with Crippen molar-refractivity contribution in [1.82, 2.24) is 19.9 Å². The van der Waals surface area contributed by atoms with E-state index in [4.69, 9.17) is 4.74 Å². The van der Waals surface area contributed by atoms with Crippen molar-refractivity contribution in [2.24, 2.45) is 0 Å². The lowest BCUT2D eigenvalue weighted by Crippen LogP contribution is -2.29. The van der Waals surface area contributed by atoms with Crippen LogP contribution in [0.4, 0.5) is 17.3 Å². The number of sulfonamides is 1. The van der Waals surface area contributed by atoms with Crippen LogP contribution >= 0.6 is 0 Å². The zero-order valence-corrected chi connectivity index (χ0v) is 16.0. The van der Waals surface area contributed by atoms with Gasteiger partial charge in [0.2, 0.25) is 10.0 Å². The summed E-state index contributed by atoms with van der Waals surface area (Å²) < 4.78 is 32.4. The predicted molar refractivity (Wildman–Crippen MR) is 106 cm³/mol. The highest BCUT2D eigenvalue weighted by atomic mass is 32.2. The Morgan fingerprint density at radius 1 is 0.964 bits per heavy atom. The van der Waals surface area contributed by atoms with E-state index in [1.165, 1.54) is 13.2 Å². The Bertz CT molecular complexity index is 997. The summed E-state index contributed by atoms with van der Waals surface area (Å²) in [7, 11) is -2.23. The normalized spacial score (nSPS) is 11.0. The maximum atomic E-state index is 12.4. The fourth-order valence-electron chi connectivity index (χ4n) is 2.37. The first kappa shape index (κ1) is 19.5. The lowest BCUT2D eigenvalue weighted by molar-refractivity contribution is 0.402. The van der Waals surface area contributed by atoms with E-state index < -0.39 is 10.0 Å². The molecule has 146 valence electrons. The minimum atomic E-state index is -3.67. The monoisotopic (exact) mass is 400 g/mol. The smallest absolute Gasteiger partial charge is 0.244 e. The summed E-state index contributed by atoms with van der Waals surface area (Å²) in [4.78, 5) is 4.11. The average molecular weight is 400 g/mol. The van der Waals surface area contributed by atoms with Crippen molar-refractivity contribution < 1.29 is 13.2 Å². The third kappa shape index (κ3) is 5.15. The number of aromatic nitrogens is 3. The molecule has 3 rings (SSSR count). The van der Waals surface area contributed by atoms with E-state index in [1.807, 2.05) is 12.1 Å². The number of methoxy groups -OCH3 is 1. The molecule has 10 heteroatoms. The van der Waals surface area contributed by atoms with Gasteiger partial charge in [-0.05, 0) is 36.4 Å². The van der Waals surface area contributed by atoms with Crippen molar-refractivity contribution in [3.8, 4) is 5.75 Å². The fourth-order valence-corrected chi connectivity index (χ4v) is 3.57. The molecule has 0 spiro atoms. The lowest BCUT2D eigenvalue weighted by Gasteiger charge is -2.11. The van der Waals surface area contributed by atoms with Crippen molar-refractivity contribution in [3.63, 3.8) is 0 Å².